The zero-order valence-corrected chi connectivity index (χ0v) is 5.96. The van der Waals surface area contributed by atoms with E-state index in [-0.39, 0.29) is 11.3 Å². The minimum atomic E-state index is -0.850. The van der Waals surface area contributed by atoms with Crippen LogP contribution in [0.2, 0.25) is 0 Å². The lowest BCUT2D eigenvalue weighted by Gasteiger charge is -1.94. The molecule has 0 unspecified atom stereocenters. The predicted octanol–water partition coefficient (Wildman–Crippen LogP) is 0.867. The third-order valence-electron chi connectivity index (χ3n) is 2.23. The number of hydrogen-bond acceptors (Lipinski definition) is 2. The van der Waals surface area contributed by atoms with Crippen LogP contribution < -0.4 is 0 Å². The summed E-state index contributed by atoms with van der Waals surface area (Å²) in [5.74, 6) is -1.58. The molecule has 0 amide bonds. The predicted molar refractivity (Wildman–Crippen MR) is 34.0 cm³/mol. The van der Waals surface area contributed by atoms with E-state index in [0.29, 0.717) is 0 Å². The van der Waals surface area contributed by atoms with E-state index in [2.05, 4.69) is 0 Å². The van der Waals surface area contributed by atoms with Crippen LogP contribution in [-0.2, 0) is 4.79 Å². The van der Waals surface area contributed by atoms with Crippen LogP contribution in [-0.4, -0.2) is 11.1 Å². The number of nitriles is 1. The van der Waals surface area contributed by atoms with E-state index >= 15 is 0 Å². The molecule has 1 aliphatic carbocycles. The highest BCUT2D eigenvalue weighted by Crippen LogP contribution is 2.57. The fourth-order valence-corrected chi connectivity index (χ4v) is 1.34. The van der Waals surface area contributed by atoms with Gasteiger partial charge in [-0.15, -0.1) is 0 Å². The second-order valence-electron chi connectivity index (χ2n) is 3.24. The number of nitrogens with zero attached hydrogens (tertiary/aromatic N) is 1. The monoisotopic (exact) mass is 139 g/mol. The molecule has 0 aliphatic heterocycles. The average molecular weight is 139 g/mol. The Kier molecular flexibility index (Phi) is 1.22. The maximum atomic E-state index is 10.4. The molecule has 0 heterocycles. The zero-order valence-electron chi connectivity index (χ0n) is 5.96. The molecule has 0 saturated heterocycles. The van der Waals surface area contributed by atoms with Crippen LogP contribution in [0.5, 0.6) is 0 Å². The first kappa shape index (κ1) is 7.07. The van der Waals surface area contributed by atoms with Crippen molar-refractivity contribution in [3.63, 3.8) is 0 Å². The van der Waals surface area contributed by atoms with Crippen molar-refractivity contribution in [2.45, 2.75) is 13.8 Å². The molecule has 1 aliphatic rings. The highest BCUT2D eigenvalue weighted by Gasteiger charge is 2.62. The molecular formula is C7H9NO2. The summed E-state index contributed by atoms with van der Waals surface area (Å²) >= 11 is 0. The van der Waals surface area contributed by atoms with Crippen molar-refractivity contribution >= 4 is 5.97 Å². The molecule has 2 atom stereocenters. The Labute approximate surface area is 59.3 Å². The van der Waals surface area contributed by atoms with Gasteiger partial charge >= 0.3 is 5.97 Å². The van der Waals surface area contributed by atoms with Crippen molar-refractivity contribution in [3.05, 3.63) is 0 Å². The van der Waals surface area contributed by atoms with Crippen LogP contribution in [0, 0.1) is 28.6 Å². The van der Waals surface area contributed by atoms with Gasteiger partial charge in [-0.25, -0.2) is 0 Å². The number of aliphatic carboxylic acids is 1. The minimum Gasteiger partial charge on any atom is -0.481 e. The number of carboxylic acids is 1. The van der Waals surface area contributed by atoms with Crippen LogP contribution in [0.4, 0.5) is 0 Å². The summed E-state index contributed by atoms with van der Waals surface area (Å²) in [7, 11) is 0. The third-order valence-corrected chi connectivity index (χ3v) is 2.23. The molecule has 1 saturated carbocycles. The van der Waals surface area contributed by atoms with Crippen LogP contribution in [0.1, 0.15) is 13.8 Å². The summed E-state index contributed by atoms with van der Waals surface area (Å²) in [6, 6.07) is 1.98. The molecule has 1 rings (SSSR count). The first-order chi connectivity index (χ1) is 4.51. The highest BCUT2D eigenvalue weighted by molar-refractivity contribution is 5.76. The van der Waals surface area contributed by atoms with Crippen LogP contribution in [0.15, 0.2) is 0 Å². The standard InChI is InChI=1S/C7H9NO2/c1-7(2)4(3-8)5(7)6(9)10/h4-5H,1-2H3,(H,9,10)/t4-,5+/m0/s1. The van der Waals surface area contributed by atoms with Gasteiger partial charge in [0.1, 0.15) is 0 Å². The first-order valence-electron chi connectivity index (χ1n) is 3.14. The summed E-state index contributed by atoms with van der Waals surface area (Å²) in [4.78, 5) is 10.4. The largest absolute Gasteiger partial charge is 0.481 e. The van der Waals surface area contributed by atoms with Gasteiger partial charge in [-0.3, -0.25) is 4.79 Å². The lowest BCUT2D eigenvalue weighted by atomic mass is 10.1. The molecule has 3 nitrogen and oxygen atoms in total. The van der Waals surface area contributed by atoms with Crippen LogP contribution >= 0.6 is 0 Å². The molecule has 0 bridgehead atoms. The molecule has 0 radical (unpaired) electrons. The van der Waals surface area contributed by atoms with E-state index in [4.69, 9.17) is 10.4 Å². The van der Waals surface area contributed by atoms with Crippen molar-refractivity contribution in [2.75, 3.05) is 0 Å². The van der Waals surface area contributed by atoms with E-state index in [0.717, 1.165) is 0 Å². The van der Waals surface area contributed by atoms with Crippen molar-refractivity contribution in [1.82, 2.24) is 0 Å². The molecule has 3 heteroatoms. The molecule has 0 aromatic rings. The number of carbonyl (C=O) groups is 1. The summed E-state index contributed by atoms with van der Waals surface area (Å²) in [6.07, 6.45) is 0. The second-order valence-corrected chi connectivity index (χ2v) is 3.24. The van der Waals surface area contributed by atoms with Crippen molar-refractivity contribution in [3.8, 4) is 6.07 Å². The Hall–Kier alpha value is -1.04. The first-order valence-corrected chi connectivity index (χ1v) is 3.14. The van der Waals surface area contributed by atoms with E-state index in [1.165, 1.54) is 0 Å². The molecule has 0 aromatic carbocycles. The normalized spacial score (nSPS) is 34.5. The van der Waals surface area contributed by atoms with E-state index in [9.17, 15) is 4.79 Å². The van der Waals surface area contributed by atoms with E-state index in [1.807, 2.05) is 6.07 Å². The average Bonchev–Trinajstić information content (AvgIpc) is 2.33. The van der Waals surface area contributed by atoms with Gasteiger partial charge in [0.25, 0.3) is 0 Å². The molecule has 1 fully saturated rings. The Bertz CT molecular complexity index is 214. The van der Waals surface area contributed by atoms with Crippen LogP contribution in [0.3, 0.4) is 0 Å². The number of hydrogen-bond donors (Lipinski definition) is 1. The molecular weight excluding hydrogens is 130 g/mol. The number of carboxylic acid groups (broad SMARTS) is 1. The summed E-state index contributed by atoms with van der Waals surface area (Å²) in [5.41, 5.74) is -0.305. The van der Waals surface area contributed by atoms with Crippen LogP contribution in [0.25, 0.3) is 0 Å². The van der Waals surface area contributed by atoms with Gasteiger partial charge in [-0.05, 0) is 5.41 Å². The smallest absolute Gasteiger partial charge is 0.308 e. The number of rotatable bonds is 1. The SMILES string of the molecule is CC1(C)[C@@H](C#N)[C@@H]1C(=O)O. The van der Waals surface area contributed by atoms with Gasteiger partial charge < -0.3 is 5.11 Å². The van der Waals surface area contributed by atoms with Crippen molar-refractivity contribution < 1.29 is 9.90 Å². The zero-order chi connectivity index (χ0) is 7.94. The van der Waals surface area contributed by atoms with Gasteiger partial charge in [-0.2, -0.15) is 5.26 Å². The summed E-state index contributed by atoms with van der Waals surface area (Å²) < 4.78 is 0. The second kappa shape index (κ2) is 1.72. The van der Waals surface area contributed by atoms with E-state index < -0.39 is 11.9 Å². The maximum absolute atomic E-state index is 10.4. The Balaban J connectivity index is 2.73. The molecule has 10 heavy (non-hydrogen) atoms. The summed E-state index contributed by atoms with van der Waals surface area (Å²) in [6.45, 7) is 3.61. The lowest BCUT2D eigenvalue weighted by molar-refractivity contribution is -0.139. The lowest BCUT2D eigenvalue weighted by Crippen LogP contribution is -2.02. The van der Waals surface area contributed by atoms with Gasteiger partial charge in [0, 0.05) is 0 Å². The Morgan fingerprint density at radius 2 is 2.20 bits per heavy atom. The maximum Gasteiger partial charge on any atom is 0.308 e. The van der Waals surface area contributed by atoms with Crippen molar-refractivity contribution in [2.24, 2.45) is 17.3 Å². The van der Waals surface area contributed by atoms with E-state index in [1.54, 1.807) is 13.8 Å². The summed E-state index contributed by atoms with van der Waals surface area (Å²) in [5, 5.41) is 17.0. The Morgan fingerprint density at radius 3 is 2.30 bits per heavy atom. The fourth-order valence-electron chi connectivity index (χ4n) is 1.34. The minimum absolute atomic E-state index is 0.287. The molecule has 1 N–H and O–H groups in total. The van der Waals surface area contributed by atoms with Gasteiger partial charge in [0.05, 0.1) is 17.9 Å². The molecule has 54 valence electrons. The third kappa shape index (κ3) is 0.688. The van der Waals surface area contributed by atoms with Gasteiger partial charge in [-0.1, -0.05) is 13.8 Å². The Morgan fingerprint density at radius 1 is 1.70 bits per heavy atom. The highest BCUT2D eigenvalue weighted by atomic mass is 16.4. The van der Waals surface area contributed by atoms with Gasteiger partial charge in [0.2, 0.25) is 0 Å². The fraction of sp³-hybridized carbons (Fsp3) is 0.714. The quantitative estimate of drug-likeness (QED) is 0.586. The molecule has 0 spiro atoms. The van der Waals surface area contributed by atoms with Gasteiger partial charge in [0.15, 0.2) is 0 Å². The van der Waals surface area contributed by atoms with Crippen molar-refractivity contribution in [1.29, 1.82) is 5.26 Å². The molecule has 0 aromatic heterocycles. The topological polar surface area (TPSA) is 61.1 Å².